The van der Waals surface area contributed by atoms with Crippen molar-refractivity contribution < 1.29 is 9.52 Å². The van der Waals surface area contributed by atoms with Crippen LogP contribution in [0.2, 0.25) is 0 Å². The molecule has 0 saturated heterocycles. The predicted octanol–water partition coefficient (Wildman–Crippen LogP) is 4.16. The van der Waals surface area contributed by atoms with Crippen LogP contribution in [-0.2, 0) is 13.2 Å². The number of aromatic nitrogens is 3. The third-order valence-corrected chi connectivity index (χ3v) is 4.91. The number of aliphatic hydroxyl groups is 1. The average molecular weight is 347 g/mol. The highest BCUT2D eigenvalue weighted by Crippen LogP contribution is 2.33. The summed E-state index contributed by atoms with van der Waals surface area (Å²) in [4.78, 5) is 4.81. The number of pyridine rings is 1. The molecule has 0 aliphatic rings. The minimum Gasteiger partial charge on any atom is -0.457 e. The molecule has 1 aromatic carbocycles. The second-order valence-corrected chi connectivity index (χ2v) is 6.56. The third-order valence-electron chi connectivity index (χ3n) is 4.91. The number of aryl methyl sites for hydroxylation is 2. The molecule has 132 valence electrons. The maximum Gasteiger partial charge on any atom is 0.159 e. The van der Waals surface area contributed by atoms with Gasteiger partial charge in [0.2, 0.25) is 0 Å². The van der Waals surface area contributed by atoms with Crippen molar-refractivity contribution in [2.24, 2.45) is 0 Å². The number of nitrogens with zero attached hydrogens (tertiary/aromatic N) is 3. The summed E-state index contributed by atoms with van der Waals surface area (Å²) in [6, 6.07) is 13.9. The number of aliphatic hydroxyl groups excluding tert-OH is 1. The van der Waals surface area contributed by atoms with E-state index in [1.54, 1.807) is 6.07 Å². The van der Waals surface area contributed by atoms with Gasteiger partial charge < -0.3 is 9.52 Å². The minimum absolute atomic E-state index is 0.127. The quantitative estimate of drug-likeness (QED) is 0.602. The van der Waals surface area contributed by atoms with Crippen molar-refractivity contribution in [1.82, 2.24) is 14.8 Å². The standard InChI is InChI=1S/C21H21N3O2/c1-13-14(2)19-20(18-10-9-17(12-25)26-18)23-24(21(19)22-15(13)3)11-16-7-5-4-6-8-16/h4-10,25H,11-12H2,1-3H3. The Hall–Kier alpha value is -2.92. The summed E-state index contributed by atoms with van der Waals surface area (Å²) in [6.07, 6.45) is 0. The number of rotatable bonds is 4. The fourth-order valence-electron chi connectivity index (χ4n) is 3.24. The van der Waals surface area contributed by atoms with Gasteiger partial charge in [0.1, 0.15) is 18.1 Å². The van der Waals surface area contributed by atoms with E-state index in [0.717, 1.165) is 39.1 Å². The van der Waals surface area contributed by atoms with E-state index in [9.17, 15) is 5.11 Å². The van der Waals surface area contributed by atoms with Crippen molar-refractivity contribution in [1.29, 1.82) is 0 Å². The normalized spacial score (nSPS) is 11.4. The molecule has 0 amide bonds. The summed E-state index contributed by atoms with van der Waals surface area (Å²) in [5, 5.41) is 15.1. The molecule has 0 bridgehead atoms. The minimum atomic E-state index is -0.127. The van der Waals surface area contributed by atoms with Crippen LogP contribution in [-0.4, -0.2) is 19.9 Å². The first kappa shape index (κ1) is 16.5. The average Bonchev–Trinajstić information content (AvgIpc) is 3.26. The first-order valence-corrected chi connectivity index (χ1v) is 8.66. The predicted molar refractivity (Wildman–Crippen MR) is 101 cm³/mol. The van der Waals surface area contributed by atoms with Gasteiger partial charge in [-0.2, -0.15) is 5.10 Å². The van der Waals surface area contributed by atoms with Crippen LogP contribution in [0.5, 0.6) is 0 Å². The van der Waals surface area contributed by atoms with Gasteiger partial charge in [0, 0.05) is 5.69 Å². The summed E-state index contributed by atoms with van der Waals surface area (Å²) in [5.74, 6) is 1.18. The SMILES string of the molecule is Cc1nc2c(c(-c3ccc(CO)o3)nn2Cc2ccccc2)c(C)c1C. The Bertz CT molecular complexity index is 1080. The van der Waals surface area contributed by atoms with Crippen LogP contribution in [0.4, 0.5) is 0 Å². The molecule has 5 nitrogen and oxygen atoms in total. The van der Waals surface area contributed by atoms with E-state index in [2.05, 4.69) is 26.0 Å². The van der Waals surface area contributed by atoms with Crippen molar-refractivity contribution in [2.45, 2.75) is 33.9 Å². The zero-order valence-electron chi connectivity index (χ0n) is 15.2. The van der Waals surface area contributed by atoms with Gasteiger partial charge in [-0.25, -0.2) is 9.67 Å². The molecular weight excluding hydrogens is 326 g/mol. The van der Waals surface area contributed by atoms with E-state index in [1.165, 1.54) is 0 Å². The van der Waals surface area contributed by atoms with Gasteiger partial charge in [0.15, 0.2) is 11.4 Å². The van der Waals surface area contributed by atoms with Gasteiger partial charge >= 0.3 is 0 Å². The number of fused-ring (bicyclic) bond motifs is 1. The molecule has 3 aromatic heterocycles. The molecule has 0 saturated carbocycles. The van der Waals surface area contributed by atoms with Crippen molar-refractivity contribution >= 4 is 11.0 Å². The highest BCUT2D eigenvalue weighted by atomic mass is 16.4. The lowest BCUT2D eigenvalue weighted by Gasteiger charge is -2.08. The Morgan fingerprint density at radius 3 is 2.46 bits per heavy atom. The lowest BCUT2D eigenvalue weighted by molar-refractivity contribution is 0.248. The molecular formula is C21H21N3O2. The molecule has 3 heterocycles. The molecule has 0 aliphatic carbocycles. The number of furan rings is 1. The van der Waals surface area contributed by atoms with Crippen LogP contribution in [0.15, 0.2) is 46.9 Å². The molecule has 0 spiro atoms. The highest BCUT2D eigenvalue weighted by Gasteiger charge is 2.20. The van der Waals surface area contributed by atoms with Crippen LogP contribution in [0.1, 0.15) is 28.1 Å². The van der Waals surface area contributed by atoms with E-state index >= 15 is 0 Å². The third kappa shape index (κ3) is 2.70. The van der Waals surface area contributed by atoms with Gasteiger partial charge in [0.25, 0.3) is 0 Å². The second kappa shape index (κ2) is 6.42. The zero-order chi connectivity index (χ0) is 18.3. The molecule has 1 N–H and O–H groups in total. The first-order valence-electron chi connectivity index (χ1n) is 8.66. The molecule has 26 heavy (non-hydrogen) atoms. The van der Waals surface area contributed by atoms with Crippen molar-refractivity contribution in [3.63, 3.8) is 0 Å². The monoisotopic (exact) mass is 347 g/mol. The topological polar surface area (TPSA) is 64.1 Å². The van der Waals surface area contributed by atoms with Crippen molar-refractivity contribution in [2.75, 3.05) is 0 Å². The number of benzene rings is 1. The molecule has 4 rings (SSSR count). The lowest BCUT2D eigenvalue weighted by Crippen LogP contribution is -2.04. The summed E-state index contributed by atoms with van der Waals surface area (Å²) >= 11 is 0. The van der Waals surface area contributed by atoms with E-state index in [1.807, 2.05) is 35.9 Å². The molecule has 0 fully saturated rings. The Kier molecular flexibility index (Phi) is 4.09. The first-order chi connectivity index (χ1) is 12.6. The van der Waals surface area contributed by atoms with E-state index in [-0.39, 0.29) is 6.61 Å². The molecule has 0 atom stereocenters. The van der Waals surface area contributed by atoms with E-state index in [0.29, 0.717) is 18.1 Å². The lowest BCUT2D eigenvalue weighted by atomic mass is 10.0. The Labute approximate surface area is 151 Å². The summed E-state index contributed by atoms with van der Waals surface area (Å²) in [6.45, 7) is 6.72. The fraction of sp³-hybridized carbons (Fsp3) is 0.238. The van der Waals surface area contributed by atoms with Crippen LogP contribution in [0.25, 0.3) is 22.5 Å². The Morgan fingerprint density at radius 2 is 1.77 bits per heavy atom. The van der Waals surface area contributed by atoms with Crippen LogP contribution in [0.3, 0.4) is 0 Å². The maximum absolute atomic E-state index is 9.31. The van der Waals surface area contributed by atoms with Gasteiger partial charge in [-0.05, 0) is 49.6 Å². The van der Waals surface area contributed by atoms with Crippen LogP contribution >= 0.6 is 0 Å². The highest BCUT2D eigenvalue weighted by molar-refractivity contribution is 5.93. The molecule has 5 heteroatoms. The van der Waals surface area contributed by atoms with Gasteiger partial charge in [-0.3, -0.25) is 0 Å². The van der Waals surface area contributed by atoms with Crippen LogP contribution in [0, 0.1) is 20.8 Å². The summed E-state index contributed by atoms with van der Waals surface area (Å²) < 4.78 is 7.69. The van der Waals surface area contributed by atoms with Gasteiger partial charge in [-0.1, -0.05) is 30.3 Å². The largest absolute Gasteiger partial charge is 0.457 e. The smallest absolute Gasteiger partial charge is 0.159 e. The number of hydrogen-bond donors (Lipinski definition) is 1. The van der Waals surface area contributed by atoms with Crippen molar-refractivity contribution in [3.05, 3.63) is 70.6 Å². The Morgan fingerprint density at radius 1 is 1.00 bits per heavy atom. The van der Waals surface area contributed by atoms with Gasteiger partial charge in [0.05, 0.1) is 11.9 Å². The van der Waals surface area contributed by atoms with Gasteiger partial charge in [-0.15, -0.1) is 0 Å². The number of hydrogen-bond acceptors (Lipinski definition) is 4. The van der Waals surface area contributed by atoms with E-state index < -0.39 is 0 Å². The second-order valence-electron chi connectivity index (χ2n) is 6.56. The summed E-state index contributed by atoms with van der Waals surface area (Å²) in [5.41, 5.74) is 6.11. The van der Waals surface area contributed by atoms with Crippen LogP contribution < -0.4 is 0 Å². The maximum atomic E-state index is 9.31. The molecule has 0 unspecified atom stereocenters. The van der Waals surface area contributed by atoms with Crippen molar-refractivity contribution in [3.8, 4) is 11.5 Å². The fourth-order valence-corrected chi connectivity index (χ4v) is 3.24. The summed E-state index contributed by atoms with van der Waals surface area (Å²) in [7, 11) is 0. The molecule has 0 aliphatic heterocycles. The molecule has 4 aromatic rings. The van der Waals surface area contributed by atoms with E-state index in [4.69, 9.17) is 14.5 Å². The molecule has 0 radical (unpaired) electrons. The zero-order valence-corrected chi connectivity index (χ0v) is 15.2. The Balaban J connectivity index is 1.95.